The number of hydrazine groups is 1. The van der Waals surface area contributed by atoms with E-state index in [0.29, 0.717) is 25.9 Å². The number of urea groups is 1. The molecule has 3 N–H and O–H groups in total. The fourth-order valence-electron chi connectivity index (χ4n) is 1.68. The Balaban J connectivity index is 2.68. The summed E-state index contributed by atoms with van der Waals surface area (Å²) in [4.78, 5) is 32.4. The minimum Gasteiger partial charge on any atom is -0.350 e. The fourth-order valence-corrected chi connectivity index (χ4v) is 1.68. The van der Waals surface area contributed by atoms with Gasteiger partial charge in [0.1, 0.15) is 18.6 Å². The van der Waals surface area contributed by atoms with E-state index in [0.717, 1.165) is 12.8 Å². The Morgan fingerprint density at radius 1 is 1.56 bits per heavy atom. The first-order chi connectivity index (χ1) is 7.70. The quantitative estimate of drug-likeness (QED) is 0.550. The van der Waals surface area contributed by atoms with E-state index in [4.69, 9.17) is 5.73 Å². The van der Waals surface area contributed by atoms with Gasteiger partial charge in [-0.15, -0.1) is 0 Å². The Morgan fingerprint density at radius 2 is 2.31 bits per heavy atom. The van der Waals surface area contributed by atoms with Crippen LogP contribution in [0.25, 0.3) is 0 Å². The highest BCUT2D eigenvalue weighted by Gasteiger charge is 2.28. The number of nitrogens with two attached hydrogens (primary N) is 1. The maximum atomic E-state index is 11.3. The summed E-state index contributed by atoms with van der Waals surface area (Å²) in [5.41, 5.74) is 5.24. The lowest BCUT2D eigenvalue weighted by atomic mass is 10.2. The van der Waals surface area contributed by atoms with Gasteiger partial charge in [0.15, 0.2) is 0 Å². The Morgan fingerprint density at radius 3 is 2.75 bits per heavy atom. The molecular formula is C9H16N4O3. The van der Waals surface area contributed by atoms with Crippen LogP contribution < -0.4 is 11.1 Å². The first kappa shape index (κ1) is 12.6. The number of carbonyl (C=O) groups excluding carboxylic acids is 3. The normalized spacial score (nSPS) is 18.0. The number of primary amides is 1. The van der Waals surface area contributed by atoms with Crippen LogP contribution in [0.2, 0.25) is 0 Å². The SMILES string of the molecule is NC(=O)N(C(C=O)CCC=O)N1CCNC1. The zero-order valence-electron chi connectivity index (χ0n) is 8.96. The molecule has 0 spiro atoms. The molecule has 1 rings (SSSR count). The van der Waals surface area contributed by atoms with Crippen LogP contribution >= 0.6 is 0 Å². The summed E-state index contributed by atoms with van der Waals surface area (Å²) in [6, 6.07) is -1.34. The Kier molecular flexibility index (Phi) is 4.87. The van der Waals surface area contributed by atoms with Crippen molar-refractivity contribution in [2.24, 2.45) is 5.73 Å². The Bertz CT molecular complexity index is 265. The highest BCUT2D eigenvalue weighted by atomic mass is 16.2. The van der Waals surface area contributed by atoms with Crippen molar-refractivity contribution in [1.82, 2.24) is 15.3 Å². The number of hydrogen-bond acceptors (Lipinski definition) is 5. The van der Waals surface area contributed by atoms with Crippen LogP contribution in [0.4, 0.5) is 4.79 Å². The summed E-state index contributed by atoms with van der Waals surface area (Å²) < 4.78 is 0. The third-order valence-electron chi connectivity index (χ3n) is 2.42. The maximum Gasteiger partial charge on any atom is 0.330 e. The van der Waals surface area contributed by atoms with Gasteiger partial charge in [0.2, 0.25) is 0 Å². The molecular weight excluding hydrogens is 212 g/mol. The maximum absolute atomic E-state index is 11.3. The molecule has 0 radical (unpaired) electrons. The third-order valence-corrected chi connectivity index (χ3v) is 2.42. The van der Waals surface area contributed by atoms with Crippen LogP contribution in [-0.4, -0.2) is 54.4 Å². The van der Waals surface area contributed by atoms with Gasteiger partial charge in [-0.25, -0.2) is 14.8 Å². The monoisotopic (exact) mass is 228 g/mol. The van der Waals surface area contributed by atoms with Crippen LogP contribution in [0.3, 0.4) is 0 Å². The van der Waals surface area contributed by atoms with Crippen LogP contribution in [0.15, 0.2) is 0 Å². The fraction of sp³-hybridized carbons (Fsp3) is 0.667. The predicted octanol–water partition coefficient (Wildman–Crippen LogP) is -1.31. The first-order valence-corrected chi connectivity index (χ1v) is 5.14. The van der Waals surface area contributed by atoms with Crippen molar-refractivity contribution >= 4 is 18.6 Å². The van der Waals surface area contributed by atoms with Crippen molar-refractivity contribution in [3.05, 3.63) is 0 Å². The van der Waals surface area contributed by atoms with Crippen molar-refractivity contribution in [2.75, 3.05) is 19.8 Å². The second-order valence-electron chi connectivity index (χ2n) is 3.52. The van der Waals surface area contributed by atoms with Gasteiger partial charge in [-0.1, -0.05) is 0 Å². The molecule has 0 aromatic carbocycles. The molecule has 0 aliphatic carbocycles. The molecule has 90 valence electrons. The second-order valence-corrected chi connectivity index (χ2v) is 3.52. The molecule has 0 aromatic heterocycles. The van der Waals surface area contributed by atoms with Gasteiger partial charge in [0.05, 0.1) is 6.67 Å². The number of carbonyl (C=O) groups is 3. The first-order valence-electron chi connectivity index (χ1n) is 5.14. The Labute approximate surface area is 93.5 Å². The molecule has 1 atom stereocenters. The van der Waals surface area contributed by atoms with Gasteiger partial charge in [-0.3, -0.25) is 0 Å². The van der Waals surface area contributed by atoms with E-state index in [1.165, 1.54) is 5.01 Å². The number of nitrogens with one attached hydrogen (secondary N) is 1. The third kappa shape index (κ3) is 3.01. The van der Waals surface area contributed by atoms with E-state index in [1.54, 1.807) is 5.01 Å². The zero-order chi connectivity index (χ0) is 12.0. The largest absolute Gasteiger partial charge is 0.350 e. The summed E-state index contributed by atoms with van der Waals surface area (Å²) in [6.45, 7) is 1.84. The molecule has 0 bridgehead atoms. The number of amides is 2. The van der Waals surface area contributed by atoms with E-state index >= 15 is 0 Å². The van der Waals surface area contributed by atoms with Gasteiger partial charge in [0, 0.05) is 19.5 Å². The van der Waals surface area contributed by atoms with E-state index < -0.39 is 12.1 Å². The van der Waals surface area contributed by atoms with Gasteiger partial charge < -0.3 is 20.6 Å². The van der Waals surface area contributed by atoms with Gasteiger partial charge in [-0.2, -0.15) is 0 Å². The molecule has 7 nitrogen and oxygen atoms in total. The van der Waals surface area contributed by atoms with Crippen molar-refractivity contribution in [2.45, 2.75) is 18.9 Å². The standard InChI is InChI=1S/C9H16N4O3/c10-9(16)13(12-4-3-11-7-12)8(6-15)2-1-5-14/h5-6,8,11H,1-4,7H2,(H2,10,16). The van der Waals surface area contributed by atoms with Crippen LogP contribution in [0.1, 0.15) is 12.8 Å². The summed E-state index contributed by atoms with van der Waals surface area (Å²) in [5, 5.41) is 5.93. The molecule has 16 heavy (non-hydrogen) atoms. The minimum atomic E-state index is -0.674. The summed E-state index contributed by atoms with van der Waals surface area (Å²) >= 11 is 0. The predicted molar refractivity (Wildman–Crippen MR) is 56.1 cm³/mol. The summed E-state index contributed by atoms with van der Waals surface area (Å²) in [6.07, 6.45) is 1.89. The second kappa shape index (κ2) is 6.19. The van der Waals surface area contributed by atoms with Crippen LogP contribution in [0.5, 0.6) is 0 Å². The topological polar surface area (TPSA) is 95.7 Å². The molecule has 1 heterocycles. The minimum absolute atomic E-state index is 0.231. The molecule has 7 heteroatoms. The van der Waals surface area contributed by atoms with Gasteiger partial charge >= 0.3 is 6.03 Å². The van der Waals surface area contributed by atoms with Gasteiger partial charge in [-0.05, 0) is 6.42 Å². The molecule has 1 fully saturated rings. The van der Waals surface area contributed by atoms with E-state index in [-0.39, 0.29) is 6.42 Å². The molecule has 1 saturated heterocycles. The Hall–Kier alpha value is -1.47. The number of hydrogen-bond donors (Lipinski definition) is 2. The number of aldehydes is 2. The number of nitrogens with zero attached hydrogens (tertiary/aromatic N) is 2. The van der Waals surface area contributed by atoms with Crippen molar-refractivity contribution < 1.29 is 14.4 Å². The molecule has 1 aliphatic rings. The van der Waals surface area contributed by atoms with Crippen molar-refractivity contribution in [3.63, 3.8) is 0 Å². The van der Waals surface area contributed by atoms with E-state index in [2.05, 4.69) is 5.32 Å². The lowest BCUT2D eigenvalue weighted by Gasteiger charge is -2.33. The average Bonchev–Trinajstić information content (AvgIpc) is 2.76. The summed E-state index contributed by atoms with van der Waals surface area (Å²) in [5.74, 6) is 0. The number of rotatable bonds is 6. The lowest BCUT2D eigenvalue weighted by Crippen LogP contribution is -2.54. The zero-order valence-corrected chi connectivity index (χ0v) is 8.96. The van der Waals surface area contributed by atoms with E-state index in [1.807, 2.05) is 0 Å². The van der Waals surface area contributed by atoms with Crippen molar-refractivity contribution in [3.8, 4) is 0 Å². The van der Waals surface area contributed by atoms with Crippen LogP contribution in [0, 0.1) is 0 Å². The molecule has 1 aliphatic heterocycles. The lowest BCUT2D eigenvalue weighted by molar-refractivity contribution is -0.117. The van der Waals surface area contributed by atoms with Crippen molar-refractivity contribution in [1.29, 1.82) is 0 Å². The highest BCUT2D eigenvalue weighted by molar-refractivity contribution is 5.76. The summed E-state index contributed by atoms with van der Waals surface area (Å²) in [7, 11) is 0. The van der Waals surface area contributed by atoms with Crippen LogP contribution in [-0.2, 0) is 9.59 Å². The smallest absolute Gasteiger partial charge is 0.330 e. The average molecular weight is 228 g/mol. The highest BCUT2D eigenvalue weighted by Crippen LogP contribution is 2.09. The molecule has 2 amide bonds. The molecule has 1 unspecified atom stereocenters. The molecule has 0 saturated carbocycles. The van der Waals surface area contributed by atoms with Gasteiger partial charge in [0.25, 0.3) is 0 Å². The molecule has 0 aromatic rings. The van der Waals surface area contributed by atoms with E-state index in [9.17, 15) is 14.4 Å².